The first-order valence-electron chi connectivity index (χ1n) is 11.4. The summed E-state index contributed by atoms with van der Waals surface area (Å²) < 4.78 is 33.1. The van der Waals surface area contributed by atoms with Crippen LogP contribution in [0.4, 0.5) is 5.69 Å². The Morgan fingerprint density at radius 1 is 0.970 bits per heavy atom. The molecular formula is C24H27N3O5S. The number of aryl methyl sites for hydroxylation is 2. The second kappa shape index (κ2) is 8.79. The normalized spacial score (nSPS) is 18.6. The number of nitrogens with zero attached hydrogens (tertiary/aromatic N) is 3. The van der Waals surface area contributed by atoms with E-state index in [-0.39, 0.29) is 44.5 Å². The van der Waals surface area contributed by atoms with Crippen LogP contribution in [0.3, 0.4) is 0 Å². The van der Waals surface area contributed by atoms with Gasteiger partial charge in [0.1, 0.15) is 5.75 Å². The SMILES string of the molecule is O=C(CCN1C(=O)COc2ccccc21)N1CCN(S(=O)(=O)c2ccc3c(c2)CCC3)CC1. The van der Waals surface area contributed by atoms with Crippen LogP contribution in [0.25, 0.3) is 0 Å². The Bertz CT molecular complexity index is 1190. The molecule has 9 heteroatoms. The minimum absolute atomic E-state index is 0.0373. The van der Waals surface area contributed by atoms with Gasteiger partial charge in [-0.1, -0.05) is 18.2 Å². The summed E-state index contributed by atoms with van der Waals surface area (Å²) in [4.78, 5) is 28.7. The molecule has 33 heavy (non-hydrogen) atoms. The Morgan fingerprint density at radius 3 is 2.55 bits per heavy atom. The predicted octanol–water partition coefficient (Wildman–Crippen LogP) is 1.82. The molecule has 174 valence electrons. The van der Waals surface area contributed by atoms with Crippen molar-refractivity contribution in [2.24, 2.45) is 0 Å². The second-order valence-corrected chi connectivity index (χ2v) is 10.6. The largest absolute Gasteiger partial charge is 0.482 e. The topological polar surface area (TPSA) is 87.2 Å². The molecule has 1 aliphatic carbocycles. The van der Waals surface area contributed by atoms with Crippen molar-refractivity contribution in [2.45, 2.75) is 30.6 Å². The summed E-state index contributed by atoms with van der Waals surface area (Å²) in [6.07, 6.45) is 3.19. The van der Waals surface area contributed by atoms with Crippen molar-refractivity contribution in [2.75, 3.05) is 44.2 Å². The van der Waals surface area contributed by atoms with E-state index in [0.717, 1.165) is 24.8 Å². The third kappa shape index (κ3) is 4.22. The van der Waals surface area contributed by atoms with Crippen LogP contribution in [0.5, 0.6) is 5.75 Å². The minimum atomic E-state index is -3.57. The molecule has 3 aliphatic rings. The van der Waals surface area contributed by atoms with E-state index in [9.17, 15) is 18.0 Å². The van der Waals surface area contributed by atoms with Crippen molar-refractivity contribution in [3.8, 4) is 5.75 Å². The molecule has 2 aliphatic heterocycles. The van der Waals surface area contributed by atoms with Crippen LogP contribution < -0.4 is 9.64 Å². The van der Waals surface area contributed by atoms with Gasteiger partial charge in [0.15, 0.2) is 6.61 Å². The number of hydrogen-bond acceptors (Lipinski definition) is 5. The van der Waals surface area contributed by atoms with Gasteiger partial charge in [-0.2, -0.15) is 4.31 Å². The average molecular weight is 470 g/mol. The lowest BCUT2D eigenvalue weighted by molar-refractivity contribution is -0.132. The lowest BCUT2D eigenvalue weighted by Crippen LogP contribution is -2.51. The molecule has 0 atom stereocenters. The van der Waals surface area contributed by atoms with Gasteiger partial charge >= 0.3 is 0 Å². The summed E-state index contributed by atoms with van der Waals surface area (Å²) in [6.45, 7) is 1.46. The summed E-state index contributed by atoms with van der Waals surface area (Å²) in [5, 5.41) is 0. The Kier molecular flexibility index (Phi) is 5.84. The molecule has 0 spiro atoms. The number of sulfonamides is 1. The Morgan fingerprint density at radius 2 is 1.73 bits per heavy atom. The van der Waals surface area contributed by atoms with Crippen molar-refractivity contribution in [1.82, 2.24) is 9.21 Å². The number of rotatable bonds is 5. The zero-order valence-corrected chi connectivity index (χ0v) is 19.2. The molecular weight excluding hydrogens is 442 g/mol. The third-order valence-corrected chi connectivity index (χ3v) is 8.55. The van der Waals surface area contributed by atoms with Crippen molar-refractivity contribution in [3.63, 3.8) is 0 Å². The van der Waals surface area contributed by atoms with E-state index < -0.39 is 10.0 Å². The summed E-state index contributed by atoms with van der Waals surface area (Å²) in [6, 6.07) is 12.7. The molecule has 1 saturated heterocycles. The molecule has 8 nitrogen and oxygen atoms in total. The standard InChI is InChI=1S/C24H27N3O5S/c28-23(10-11-27-21-6-1-2-7-22(21)32-17-24(27)29)25-12-14-26(15-13-25)33(30,31)20-9-8-18-4-3-5-19(18)16-20/h1-2,6-9,16H,3-5,10-15,17H2. The van der Waals surface area contributed by atoms with E-state index in [2.05, 4.69) is 0 Å². The van der Waals surface area contributed by atoms with Gasteiger partial charge in [-0.15, -0.1) is 0 Å². The first kappa shape index (κ1) is 21.9. The van der Waals surface area contributed by atoms with Crippen LogP contribution in [0.2, 0.25) is 0 Å². The van der Waals surface area contributed by atoms with Crippen molar-refractivity contribution >= 4 is 27.5 Å². The molecule has 1 fully saturated rings. The van der Waals surface area contributed by atoms with E-state index >= 15 is 0 Å². The number of anilines is 1. The van der Waals surface area contributed by atoms with E-state index in [4.69, 9.17) is 4.74 Å². The Hall–Kier alpha value is -2.91. The summed E-state index contributed by atoms with van der Waals surface area (Å²) in [7, 11) is -3.57. The van der Waals surface area contributed by atoms with Crippen LogP contribution in [0.1, 0.15) is 24.0 Å². The molecule has 2 aromatic rings. The van der Waals surface area contributed by atoms with Crippen LogP contribution in [-0.2, 0) is 32.5 Å². The van der Waals surface area contributed by atoms with Gasteiger partial charge in [-0.05, 0) is 54.7 Å². The molecule has 0 bridgehead atoms. The number of piperazine rings is 1. The van der Waals surface area contributed by atoms with Crippen LogP contribution >= 0.6 is 0 Å². The van der Waals surface area contributed by atoms with Crippen LogP contribution in [0.15, 0.2) is 47.4 Å². The maximum absolute atomic E-state index is 13.1. The zero-order valence-electron chi connectivity index (χ0n) is 18.4. The van der Waals surface area contributed by atoms with Crippen molar-refractivity contribution in [3.05, 3.63) is 53.6 Å². The van der Waals surface area contributed by atoms with Gasteiger partial charge in [0, 0.05) is 39.1 Å². The van der Waals surface area contributed by atoms with E-state index in [1.807, 2.05) is 24.3 Å². The maximum atomic E-state index is 13.1. The van der Waals surface area contributed by atoms with Gasteiger partial charge in [-0.25, -0.2) is 8.42 Å². The third-order valence-electron chi connectivity index (χ3n) is 6.66. The fourth-order valence-corrected chi connectivity index (χ4v) is 6.27. The number of amides is 2. The number of fused-ring (bicyclic) bond motifs is 2. The first-order valence-corrected chi connectivity index (χ1v) is 12.8. The second-order valence-electron chi connectivity index (χ2n) is 8.62. The van der Waals surface area contributed by atoms with Crippen molar-refractivity contribution < 1.29 is 22.7 Å². The fraction of sp³-hybridized carbons (Fsp3) is 0.417. The average Bonchev–Trinajstić information content (AvgIpc) is 3.31. The molecule has 5 rings (SSSR count). The highest BCUT2D eigenvalue weighted by Crippen LogP contribution is 2.31. The van der Waals surface area contributed by atoms with Crippen molar-refractivity contribution in [1.29, 1.82) is 0 Å². The lowest BCUT2D eigenvalue weighted by atomic mass is 10.1. The van der Waals surface area contributed by atoms with Gasteiger partial charge in [0.25, 0.3) is 5.91 Å². The number of carbonyl (C=O) groups excluding carboxylic acids is 2. The number of ether oxygens (including phenoxy) is 1. The van der Waals surface area contributed by atoms with Gasteiger partial charge in [0.2, 0.25) is 15.9 Å². The molecule has 0 unspecified atom stereocenters. The Labute approximate surface area is 193 Å². The first-order chi connectivity index (χ1) is 15.9. The number of benzene rings is 2. The molecule has 0 radical (unpaired) electrons. The zero-order chi connectivity index (χ0) is 23.0. The lowest BCUT2D eigenvalue weighted by Gasteiger charge is -2.35. The highest BCUT2D eigenvalue weighted by Gasteiger charge is 2.32. The van der Waals surface area contributed by atoms with Gasteiger partial charge in [0.05, 0.1) is 10.6 Å². The minimum Gasteiger partial charge on any atom is -0.482 e. The molecule has 0 saturated carbocycles. The molecule has 2 heterocycles. The molecule has 2 amide bonds. The number of hydrogen-bond donors (Lipinski definition) is 0. The van der Waals surface area contributed by atoms with Gasteiger partial charge in [-0.3, -0.25) is 9.59 Å². The fourth-order valence-electron chi connectivity index (χ4n) is 4.80. The molecule has 2 aromatic carbocycles. The van der Waals surface area contributed by atoms with E-state index in [0.29, 0.717) is 29.4 Å². The number of para-hydroxylation sites is 2. The predicted molar refractivity (Wildman–Crippen MR) is 123 cm³/mol. The summed E-state index contributed by atoms with van der Waals surface area (Å²) >= 11 is 0. The Balaban J connectivity index is 1.18. The van der Waals surface area contributed by atoms with Gasteiger partial charge < -0.3 is 14.5 Å². The maximum Gasteiger partial charge on any atom is 0.265 e. The summed E-state index contributed by atoms with van der Waals surface area (Å²) in [5.74, 6) is 0.378. The monoisotopic (exact) mass is 469 g/mol. The molecule has 0 aromatic heterocycles. The highest BCUT2D eigenvalue weighted by atomic mass is 32.2. The quantitative estimate of drug-likeness (QED) is 0.667. The van der Waals surface area contributed by atoms with E-state index in [1.165, 1.54) is 9.87 Å². The molecule has 0 N–H and O–H groups in total. The highest BCUT2D eigenvalue weighted by molar-refractivity contribution is 7.89. The smallest absolute Gasteiger partial charge is 0.265 e. The van der Waals surface area contributed by atoms with Crippen LogP contribution in [0, 0.1) is 0 Å². The summed E-state index contributed by atoms with van der Waals surface area (Å²) in [5.41, 5.74) is 3.04. The van der Waals surface area contributed by atoms with E-state index in [1.54, 1.807) is 28.0 Å². The number of carbonyl (C=O) groups is 2. The van der Waals surface area contributed by atoms with Crippen LogP contribution in [-0.4, -0.2) is 68.8 Å².